The summed E-state index contributed by atoms with van der Waals surface area (Å²) in [6, 6.07) is 17.8. The Hall–Kier alpha value is -5.44. The molecule has 0 amide bonds. The highest BCUT2D eigenvalue weighted by molar-refractivity contribution is 7.86. The van der Waals surface area contributed by atoms with Crippen LogP contribution in [-0.4, -0.2) is 49.0 Å². The van der Waals surface area contributed by atoms with Crippen LogP contribution in [-0.2, 0) is 30.4 Å². The summed E-state index contributed by atoms with van der Waals surface area (Å²) < 4.78 is 99.7. The van der Waals surface area contributed by atoms with E-state index in [1.165, 1.54) is 36.5 Å². The predicted octanol–water partition coefficient (Wildman–Crippen LogP) is 6.40. The molecule has 0 saturated heterocycles. The lowest BCUT2D eigenvalue weighted by atomic mass is 10.1. The van der Waals surface area contributed by atoms with Gasteiger partial charge in [0.15, 0.2) is 5.75 Å². The van der Waals surface area contributed by atoms with Gasteiger partial charge in [0.2, 0.25) is 0 Å². The number of phenols is 1. The van der Waals surface area contributed by atoms with Gasteiger partial charge in [-0.1, -0.05) is 12.1 Å². The molecule has 6 rings (SSSR count). The van der Waals surface area contributed by atoms with E-state index in [-0.39, 0.29) is 27.0 Å². The van der Waals surface area contributed by atoms with Crippen molar-refractivity contribution in [3.63, 3.8) is 0 Å². The van der Waals surface area contributed by atoms with Gasteiger partial charge in [-0.05, 0) is 82.9 Å². The Balaban J connectivity index is 1.41. The Kier molecular flexibility index (Phi) is 7.90. The number of phenolic OH excluding ortho intramolecular Hbond substituents is 1. The van der Waals surface area contributed by atoms with Gasteiger partial charge in [-0.3, -0.25) is 18.6 Å². The summed E-state index contributed by atoms with van der Waals surface area (Å²) in [6.45, 7) is 0. The van der Waals surface area contributed by atoms with Gasteiger partial charge in [-0.2, -0.15) is 30.4 Å². The SMILES string of the molecule is Nc1cc2c(O)c(/N=N/c3ccc(/N=N/c4ccc5ccc(S(=O)(=O)O)cc5c4)c4ncccc34)c(S(=O)(=O)O)cc2cc1S(=O)(=O)O. The van der Waals surface area contributed by atoms with E-state index in [2.05, 4.69) is 25.4 Å². The zero-order valence-corrected chi connectivity index (χ0v) is 26.3. The zero-order valence-electron chi connectivity index (χ0n) is 23.9. The maximum atomic E-state index is 12.3. The molecule has 1 aromatic heterocycles. The van der Waals surface area contributed by atoms with Crippen LogP contribution in [0.25, 0.3) is 32.4 Å². The lowest BCUT2D eigenvalue weighted by molar-refractivity contribution is 0.472. The Morgan fingerprint density at radius 3 is 1.98 bits per heavy atom. The van der Waals surface area contributed by atoms with Crippen molar-refractivity contribution < 1.29 is 44.0 Å². The average molecular weight is 709 g/mol. The van der Waals surface area contributed by atoms with Crippen LogP contribution in [0.5, 0.6) is 5.75 Å². The molecule has 19 heteroatoms. The molecule has 244 valence electrons. The fourth-order valence-corrected chi connectivity index (χ4v) is 6.67. The van der Waals surface area contributed by atoms with Crippen molar-refractivity contribution in [2.45, 2.75) is 14.7 Å². The molecule has 0 spiro atoms. The fourth-order valence-electron chi connectivity index (χ4n) is 4.87. The first kappa shape index (κ1) is 32.5. The number of nitrogens with zero attached hydrogens (tertiary/aromatic N) is 5. The summed E-state index contributed by atoms with van der Waals surface area (Å²) >= 11 is 0. The van der Waals surface area contributed by atoms with Gasteiger partial charge in [0.25, 0.3) is 30.4 Å². The molecular formula is C29H20N6O10S3. The third-order valence-electron chi connectivity index (χ3n) is 7.09. The highest BCUT2D eigenvalue weighted by Crippen LogP contribution is 2.44. The number of pyridine rings is 1. The Morgan fingerprint density at radius 1 is 0.604 bits per heavy atom. The number of nitrogen functional groups attached to an aromatic ring is 1. The number of hydrogen-bond donors (Lipinski definition) is 5. The van der Waals surface area contributed by atoms with E-state index in [1.807, 2.05) is 0 Å². The number of aromatic nitrogens is 1. The largest absolute Gasteiger partial charge is 0.505 e. The minimum absolute atomic E-state index is 0.141. The first-order chi connectivity index (χ1) is 22.5. The quantitative estimate of drug-likeness (QED) is 0.0684. The number of anilines is 1. The second-order valence-electron chi connectivity index (χ2n) is 10.2. The van der Waals surface area contributed by atoms with Crippen LogP contribution >= 0.6 is 0 Å². The molecule has 0 aliphatic carbocycles. The van der Waals surface area contributed by atoms with Crippen molar-refractivity contribution in [2.75, 3.05) is 5.73 Å². The van der Waals surface area contributed by atoms with Gasteiger partial charge < -0.3 is 10.8 Å². The fraction of sp³-hybridized carbons (Fsp3) is 0. The molecule has 0 radical (unpaired) electrons. The van der Waals surface area contributed by atoms with Crippen molar-refractivity contribution >= 4 is 91.2 Å². The molecule has 16 nitrogen and oxygen atoms in total. The van der Waals surface area contributed by atoms with Crippen LogP contribution in [0.1, 0.15) is 0 Å². The van der Waals surface area contributed by atoms with Crippen LogP contribution in [0.15, 0.2) is 120 Å². The van der Waals surface area contributed by atoms with E-state index in [0.717, 1.165) is 18.2 Å². The maximum Gasteiger partial charge on any atom is 0.296 e. The first-order valence-electron chi connectivity index (χ1n) is 13.3. The van der Waals surface area contributed by atoms with Crippen molar-refractivity contribution in [1.82, 2.24) is 4.98 Å². The molecule has 0 bridgehead atoms. The second-order valence-corrected chi connectivity index (χ2v) is 14.4. The van der Waals surface area contributed by atoms with Crippen molar-refractivity contribution in [1.29, 1.82) is 0 Å². The smallest absolute Gasteiger partial charge is 0.296 e. The van der Waals surface area contributed by atoms with Gasteiger partial charge in [0.1, 0.15) is 21.2 Å². The minimum atomic E-state index is -5.06. The lowest BCUT2D eigenvalue weighted by Gasteiger charge is -2.11. The molecule has 6 aromatic rings. The highest BCUT2D eigenvalue weighted by Gasteiger charge is 2.24. The van der Waals surface area contributed by atoms with Crippen LogP contribution in [0.4, 0.5) is 28.4 Å². The predicted molar refractivity (Wildman–Crippen MR) is 174 cm³/mol. The van der Waals surface area contributed by atoms with Crippen LogP contribution in [0.2, 0.25) is 0 Å². The Bertz CT molecular complexity index is 2740. The standard InChI is InChI=1S/C29H20N6O10S3/c30-22-14-21-17(12-25(22)47(40,41)42)13-26(48(43,44)45)28(29(21)36)35-33-23-7-8-24(27-20(23)2-1-9-31-27)34-32-18-5-3-15-4-6-19(46(37,38)39)11-16(15)10-18/h1-14,36H,30H2,(H,37,38,39)(H,40,41,42)(H,43,44,45)/b34-32+,35-33+. The van der Waals surface area contributed by atoms with Gasteiger partial charge in [-0.15, -0.1) is 15.3 Å². The molecule has 6 N–H and O–H groups in total. The average Bonchev–Trinajstić information content (AvgIpc) is 3.01. The number of benzene rings is 5. The van der Waals surface area contributed by atoms with E-state index < -0.39 is 57.3 Å². The number of aromatic hydroxyl groups is 1. The zero-order chi connectivity index (χ0) is 34.6. The van der Waals surface area contributed by atoms with Crippen LogP contribution < -0.4 is 5.73 Å². The van der Waals surface area contributed by atoms with Gasteiger partial charge in [-0.25, -0.2) is 0 Å². The number of fused-ring (bicyclic) bond motifs is 3. The highest BCUT2D eigenvalue weighted by atomic mass is 32.2. The number of azo groups is 2. The summed E-state index contributed by atoms with van der Waals surface area (Å²) in [5.41, 5.74) is 5.69. The first-order valence-corrected chi connectivity index (χ1v) is 17.6. The minimum Gasteiger partial charge on any atom is -0.505 e. The monoisotopic (exact) mass is 708 g/mol. The van der Waals surface area contributed by atoms with Gasteiger partial charge >= 0.3 is 0 Å². The summed E-state index contributed by atoms with van der Waals surface area (Å²) in [7, 11) is -14.3. The van der Waals surface area contributed by atoms with Crippen molar-refractivity contribution in [2.24, 2.45) is 20.5 Å². The summed E-state index contributed by atoms with van der Waals surface area (Å²) in [5.74, 6) is -0.801. The second kappa shape index (κ2) is 11.7. The van der Waals surface area contributed by atoms with E-state index in [1.54, 1.807) is 30.3 Å². The Labute approximate surface area is 271 Å². The Morgan fingerprint density at radius 2 is 1.27 bits per heavy atom. The van der Waals surface area contributed by atoms with E-state index >= 15 is 0 Å². The number of hydrogen-bond acceptors (Lipinski definition) is 13. The normalized spacial score (nSPS) is 13.0. The molecule has 0 fully saturated rings. The van der Waals surface area contributed by atoms with Crippen molar-refractivity contribution in [3.05, 3.63) is 85.1 Å². The van der Waals surface area contributed by atoms with Gasteiger partial charge in [0.05, 0.1) is 27.5 Å². The molecule has 0 unspecified atom stereocenters. The topological polar surface area (TPSA) is 272 Å². The molecule has 0 atom stereocenters. The van der Waals surface area contributed by atoms with Crippen LogP contribution in [0.3, 0.4) is 0 Å². The molecule has 5 aromatic carbocycles. The summed E-state index contributed by atoms with van der Waals surface area (Å²) in [4.78, 5) is 2.40. The molecule has 0 saturated carbocycles. The number of rotatable bonds is 7. The van der Waals surface area contributed by atoms with E-state index in [4.69, 9.17) is 5.73 Å². The lowest BCUT2D eigenvalue weighted by Crippen LogP contribution is -2.04. The third kappa shape index (κ3) is 6.28. The molecule has 0 aliphatic rings. The van der Waals surface area contributed by atoms with E-state index in [9.17, 15) is 44.0 Å². The summed E-state index contributed by atoms with van der Waals surface area (Å²) in [6.07, 6.45) is 1.48. The summed E-state index contributed by atoms with van der Waals surface area (Å²) in [5, 5.41) is 28.7. The molecule has 48 heavy (non-hydrogen) atoms. The maximum absolute atomic E-state index is 12.3. The molecule has 0 aliphatic heterocycles. The van der Waals surface area contributed by atoms with Gasteiger partial charge in [0, 0.05) is 17.0 Å². The van der Waals surface area contributed by atoms with E-state index in [0.29, 0.717) is 27.4 Å². The van der Waals surface area contributed by atoms with Crippen LogP contribution in [0, 0.1) is 0 Å². The number of nitrogens with two attached hydrogens (primary N) is 1. The third-order valence-corrected chi connectivity index (χ3v) is 9.71. The molecule has 1 heterocycles. The molecular weight excluding hydrogens is 689 g/mol. The van der Waals surface area contributed by atoms with Crippen molar-refractivity contribution in [3.8, 4) is 5.75 Å².